The molecule has 15 nitrogen and oxygen atoms in total. The van der Waals surface area contributed by atoms with Crippen LogP contribution in [-0.2, 0) is 19.1 Å². The van der Waals surface area contributed by atoms with Crippen LogP contribution in [0.2, 0.25) is 0 Å². The second kappa shape index (κ2) is 17.4. The molecule has 7 rings (SSSR count). The number of aromatic nitrogens is 4. The first-order chi connectivity index (χ1) is 27.9. The molecule has 3 fully saturated rings. The van der Waals surface area contributed by atoms with Crippen molar-refractivity contribution in [2.75, 3.05) is 33.4 Å². The Labute approximate surface area is 338 Å². The molecule has 0 bridgehead atoms. The van der Waals surface area contributed by atoms with Gasteiger partial charge < -0.3 is 39.7 Å². The van der Waals surface area contributed by atoms with E-state index in [2.05, 4.69) is 39.6 Å². The fourth-order valence-electron chi connectivity index (χ4n) is 8.62. The smallest absolute Gasteiger partial charge is 0.408 e. The van der Waals surface area contributed by atoms with Crippen LogP contribution in [0.5, 0.6) is 0 Å². The highest BCUT2D eigenvalue weighted by atomic mass is 16.5. The Morgan fingerprint density at radius 3 is 1.71 bits per heavy atom. The van der Waals surface area contributed by atoms with Crippen LogP contribution in [-0.4, -0.2) is 115 Å². The van der Waals surface area contributed by atoms with Crippen LogP contribution < -0.4 is 5.32 Å². The fraction of sp³-hybridized carbons (Fsp3) is 0.488. The molecule has 4 N–H and O–H groups in total. The van der Waals surface area contributed by atoms with Crippen LogP contribution >= 0.6 is 0 Å². The maximum Gasteiger partial charge on any atom is 0.408 e. The van der Waals surface area contributed by atoms with Crippen molar-refractivity contribution in [2.24, 2.45) is 11.8 Å². The number of nitrogens with zero attached hydrogens (tertiary/aromatic N) is 5. The summed E-state index contributed by atoms with van der Waals surface area (Å²) < 4.78 is 10.2. The van der Waals surface area contributed by atoms with E-state index in [1.165, 1.54) is 12.0 Å². The van der Waals surface area contributed by atoms with E-state index in [0.29, 0.717) is 44.4 Å². The van der Waals surface area contributed by atoms with E-state index >= 15 is 0 Å². The minimum absolute atomic E-state index is 0.110. The summed E-state index contributed by atoms with van der Waals surface area (Å²) in [5, 5.41) is 12.9. The number of H-pyrrole nitrogens is 2. The Bertz CT molecular complexity index is 2070. The number of rotatable bonds is 12. The summed E-state index contributed by atoms with van der Waals surface area (Å²) in [6, 6.07) is 14.0. The Hall–Kier alpha value is -5.70. The van der Waals surface area contributed by atoms with Gasteiger partial charge in [0.05, 0.1) is 43.2 Å². The van der Waals surface area contributed by atoms with Gasteiger partial charge in [-0.15, -0.1) is 0 Å². The number of imidazole rings is 2. The third-order valence-corrected chi connectivity index (χ3v) is 11.7. The predicted octanol–water partition coefficient (Wildman–Crippen LogP) is 6.63. The van der Waals surface area contributed by atoms with Gasteiger partial charge in [0.25, 0.3) is 0 Å². The quantitative estimate of drug-likeness (QED) is 0.122. The molecular formula is C43H54N8O7. The molecule has 3 aliphatic heterocycles. The lowest BCUT2D eigenvalue weighted by molar-refractivity contribution is -0.140. The van der Waals surface area contributed by atoms with E-state index in [1.807, 2.05) is 64.4 Å². The molecule has 0 radical (unpaired) electrons. The molecule has 0 aliphatic carbocycles. The van der Waals surface area contributed by atoms with Crippen molar-refractivity contribution < 1.29 is 33.8 Å². The van der Waals surface area contributed by atoms with Crippen LogP contribution in [0.15, 0.2) is 60.9 Å². The topological polar surface area (TPSA) is 186 Å². The van der Waals surface area contributed by atoms with Crippen molar-refractivity contribution in [3.05, 3.63) is 72.6 Å². The first-order valence-corrected chi connectivity index (χ1v) is 20.3. The third kappa shape index (κ3) is 8.31. The largest absolute Gasteiger partial charge is 0.465 e. The highest BCUT2D eigenvalue weighted by Gasteiger charge is 2.44. The number of hydrogen-bond donors (Lipinski definition) is 4. The summed E-state index contributed by atoms with van der Waals surface area (Å²) >= 11 is 0. The number of amides is 4. The highest BCUT2D eigenvalue weighted by molar-refractivity contribution is 5.87. The van der Waals surface area contributed by atoms with Crippen LogP contribution in [0.4, 0.5) is 9.59 Å². The molecular weight excluding hydrogens is 741 g/mol. The average molecular weight is 795 g/mol. The molecule has 4 aromatic rings. The Morgan fingerprint density at radius 1 is 0.776 bits per heavy atom. The lowest BCUT2D eigenvalue weighted by atomic mass is 9.98. The number of methoxy groups -OCH3 is 1. The van der Waals surface area contributed by atoms with E-state index in [9.17, 15) is 24.3 Å². The van der Waals surface area contributed by atoms with Gasteiger partial charge in [-0.3, -0.25) is 14.5 Å². The van der Waals surface area contributed by atoms with Crippen molar-refractivity contribution in [1.82, 2.24) is 40.0 Å². The number of carboxylic acid groups (broad SMARTS) is 1. The maximum absolute atomic E-state index is 14.1. The van der Waals surface area contributed by atoms with Gasteiger partial charge in [-0.05, 0) is 55.1 Å². The highest BCUT2D eigenvalue weighted by Crippen LogP contribution is 2.36. The average Bonchev–Trinajstić information content (AvgIpc) is 4.08. The second-order valence-corrected chi connectivity index (χ2v) is 16.1. The van der Waals surface area contributed by atoms with Gasteiger partial charge in [0, 0.05) is 43.2 Å². The third-order valence-electron chi connectivity index (χ3n) is 11.7. The number of alkyl carbamates (subject to hydrolysis) is 1. The van der Waals surface area contributed by atoms with E-state index in [1.54, 1.807) is 9.80 Å². The second-order valence-electron chi connectivity index (χ2n) is 16.1. The van der Waals surface area contributed by atoms with Gasteiger partial charge >= 0.3 is 12.2 Å². The molecule has 0 saturated carbocycles. The summed E-state index contributed by atoms with van der Waals surface area (Å²) in [4.78, 5) is 73.4. The van der Waals surface area contributed by atoms with Crippen LogP contribution in [0, 0.1) is 11.8 Å². The Balaban J connectivity index is 1.01. The lowest BCUT2D eigenvalue weighted by Gasteiger charge is -2.38. The maximum atomic E-state index is 14.1. The molecule has 3 aliphatic rings. The van der Waals surface area contributed by atoms with Crippen molar-refractivity contribution >= 4 is 24.0 Å². The Kier molecular flexibility index (Phi) is 12.2. The summed E-state index contributed by atoms with van der Waals surface area (Å²) in [5.41, 5.74) is 5.50. The first kappa shape index (κ1) is 40.5. The molecule has 5 atom stereocenters. The molecule has 4 amide bonds. The van der Waals surface area contributed by atoms with Gasteiger partial charge in [-0.1, -0.05) is 76.2 Å². The number of hydrogen-bond acceptors (Lipinski definition) is 8. The normalized spacial score (nSPS) is 20.4. The van der Waals surface area contributed by atoms with Crippen LogP contribution in [0.1, 0.15) is 83.5 Å². The minimum atomic E-state index is -1.10. The van der Waals surface area contributed by atoms with Gasteiger partial charge in [-0.25, -0.2) is 19.6 Å². The van der Waals surface area contributed by atoms with E-state index in [0.717, 1.165) is 59.3 Å². The number of likely N-dealkylation sites (tertiary alicyclic amines) is 2. The first-order valence-electron chi connectivity index (χ1n) is 20.3. The fourth-order valence-corrected chi connectivity index (χ4v) is 8.62. The van der Waals surface area contributed by atoms with Gasteiger partial charge in [0.15, 0.2) is 0 Å². The SMILES string of the molecule is COC(=O)N[C@H](C(=O)N1CCC[C@H]1c1nc(-c2ccc(-c3ccc(-c4c[nH]c([C@@H]5CCCN5C(=O)[C@H](C(C)C)N(C(=O)O)[C@H]5CCOC5)n4)cc3)cc2)c[nH]1)C(C)C. The van der Waals surface area contributed by atoms with Crippen LogP contribution in [0.25, 0.3) is 33.6 Å². The number of nitrogens with one attached hydrogen (secondary N) is 3. The predicted molar refractivity (Wildman–Crippen MR) is 216 cm³/mol. The van der Waals surface area contributed by atoms with E-state index in [4.69, 9.17) is 19.4 Å². The zero-order valence-electron chi connectivity index (χ0n) is 33.8. The molecule has 58 heavy (non-hydrogen) atoms. The molecule has 2 aromatic heterocycles. The molecule has 308 valence electrons. The zero-order valence-corrected chi connectivity index (χ0v) is 33.8. The van der Waals surface area contributed by atoms with Gasteiger partial charge in [-0.2, -0.15) is 0 Å². The summed E-state index contributed by atoms with van der Waals surface area (Å²) in [7, 11) is 1.29. The zero-order chi connectivity index (χ0) is 41.1. The molecule has 0 unspecified atom stereocenters. The van der Waals surface area contributed by atoms with E-state index in [-0.39, 0.29) is 41.8 Å². The van der Waals surface area contributed by atoms with Gasteiger partial charge in [0.2, 0.25) is 11.8 Å². The van der Waals surface area contributed by atoms with Crippen LogP contribution in [0.3, 0.4) is 0 Å². The lowest BCUT2D eigenvalue weighted by Crippen LogP contribution is -2.56. The van der Waals surface area contributed by atoms with Gasteiger partial charge in [0.1, 0.15) is 23.7 Å². The number of benzene rings is 2. The number of aromatic amines is 2. The van der Waals surface area contributed by atoms with Crippen molar-refractivity contribution in [1.29, 1.82) is 0 Å². The monoisotopic (exact) mass is 794 g/mol. The molecule has 2 aromatic carbocycles. The Morgan fingerprint density at radius 2 is 1.28 bits per heavy atom. The standard InChI is InChI=1S/C43H54N8O7/c1-25(2)36(48-42(54)57-5)40(52)49-19-6-8-34(49)38-44-22-32(46-38)29-14-10-27(11-15-29)28-12-16-30(17-13-28)33-23-45-39(47-33)35-9-7-20-50(35)41(53)37(26(3)4)51(43(55)56)31-18-21-58-24-31/h10-17,22-23,25-26,31,34-37H,6-9,18-21,24H2,1-5H3,(H,44,46)(H,45,47)(H,48,54)(H,55,56)/t31-,34-,35-,36-,37-/m0/s1. The number of carbonyl (C=O) groups excluding carboxylic acids is 3. The van der Waals surface area contributed by atoms with Crippen molar-refractivity contribution in [3.63, 3.8) is 0 Å². The van der Waals surface area contributed by atoms with Crippen molar-refractivity contribution in [3.8, 4) is 33.6 Å². The summed E-state index contributed by atoms with van der Waals surface area (Å²) in [6.07, 6.45) is 5.75. The molecule has 0 spiro atoms. The van der Waals surface area contributed by atoms with E-state index < -0.39 is 24.3 Å². The summed E-state index contributed by atoms with van der Waals surface area (Å²) in [5.74, 6) is 0.758. The number of carbonyl (C=O) groups is 4. The number of ether oxygens (including phenoxy) is 2. The molecule has 5 heterocycles. The molecule has 3 saturated heterocycles. The minimum Gasteiger partial charge on any atom is -0.465 e. The molecule has 15 heteroatoms. The van der Waals surface area contributed by atoms with Crippen molar-refractivity contribution in [2.45, 2.75) is 90.0 Å². The summed E-state index contributed by atoms with van der Waals surface area (Å²) in [6.45, 7) is 9.51.